The lowest BCUT2D eigenvalue weighted by molar-refractivity contribution is 0.0715. The summed E-state index contributed by atoms with van der Waals surface area (Å²) < 4.78 is 7.80. The monoisotopic (exact) mass is 550 g/mol. The number of amides is 1. The first-order valence-corrected chi connectivity index (χ1v) is 13.0. The maximum Gasteiger partial charge on any atom is 0.410 e. The van der Waals surface area contributed by atoms with Crippen LogP contribution < -0.4 is 5.56 Å². The molecule has 0 radical (unpaired) electrons. The Morgan fingerprint density at radius 2 is 1.60 bits per heavy atom. The lowest BCUT2D eigenvalue weighted by atomic mass is 9.92. The Hall–Kier alpha value is -3.23. The van der Waals surface area contributed by atoms with Gasteiger partial charge >= 0.3 is 6.09 Å². The number of thiophene rings is 1. The first-order chi connectivity index (χ1) is 17.0. The average Bonchev–Trinajstić information content (AvgIpc) is 3.24. The number of piperidine rings is 1. The summed E-state index contributed by atoms with van der Waals surface area (Å²) in [5.41, 5.74) is 1.56. The lowest BCUT2D eigenvalue weighted by Gasteiger charge is -2.30. The summed E-state index contributed by atoms with van der Waals surface area (Å²) in [5, 5.41) is 0.837. The number of benzene rings is 2. The van der Waals surface area contributed by atoms with E-state index >= 15 is 0 Å². The molecular weight excluding hydrogens is 528 g/mol. The van der Waals surface area contributed by atoms with Crippen molar-refractivity contribution in [3.8, 4) is 5.69 Å². The van der Waals surface area contributed by atoms with E-state index in [2.05, 4.69) is 15.9 Å². The number of pyridine rings is 1. The summed E-state index contributed by atoms with van der Waals surface area (Å²) >= 11 is 4.95. The fourth-order valence-corrected chi connectivity index (χ4v) is 6.47. The van der Waals surface area contributed by atoms with Crippen LogP contribution >= 0.6 is 27.3 Å². The van der Waals surface area contributed by atoms with E-state index in [1.807, 2.05) is 60.7 Å². The van der Waals surface area contributed by atoms with Gasteiger partial charge in [-0.1, -0.05) is 48.5 Å². The number of para-hydroxylation sites is 1. The number of likely N-dealkylation sites (tertiary alicyclic amines) is 1. The van der Waals surface area contributed by atoms with E-state index in [9.17, 15) is 14.4 Å². The minimum absolute atomic E-state index is 0.0439. The van der Waals surface area contributed by atoms with Gasteiger partial charge in [0.05, 0.1) is 10.6 Å². The number of ketones is 1. The van der Waals surface area contributed by atoms with Crippen molar-refractivity contribution in [2.75, 3.05) is 13.1 Å². The van der Waals surface area contributed by atoms with E-state index in [4.69, 9.17) is 4.74 Å². The summed E-state index contributed by atoms with van der Waals surface area (Å²) in [7, 11) is 0. The van der Waals surface area contributed by atoms with E-state index in [1.54, 1.807) is 15.5 Å². The number of halogens is 1. The van der Waals surface area contributed by atoms with Crippen LogP contribution in [0, 0.1) is 5.92 Å². The zero-order valence-corrected chi connectivity index (χ0v) is 21.3. The lowest BCUT2D eigenvalue weighted by Crippen LogP contribution is -2.40. The van der Waals surface area contributed by atoms with E-state index in [0.29, 0.717) is 30.8 Å². The number of rotatable bonds is 5. The predicted molar refractivity (Wildman–Crippen MR) is 140 cm³/mol. The molecule has 2 aromatic heterocycles. The molecule has 8 heteroatoms. The number of fused-ring (bicyclic) bond motifs is 1. The van der Waals surface area contributed by atoms with Crippen LogP contribution in [0.4, 0.5) is 4.79 Å². The molecule has 5 rings (SSSR count). The number of hydrogen-bond acceptors (Lipinski definition) is 5. The van der Waals surface area contributed by atoms with Crippen molar-refractivity contribution in [1.29, 1.82) is 0 Å². The highest BCUT2D eigenvalue weighted by Gasteiger charge is 2.31. The fourth-order valence-electron chi connectivity index (χ4n) is 4.35. The Morgan fingerprint density at radius 1 is 0.943 bits per heavy atom. The summed E-state index contributed by atoms with van der Waals surface area (Å²) in [6.45, 7) is 1.18. The third-order valence-corrected chi connectivity index (χ3v) is 8.54. The van der Waals surface area contributed by atoms with E-state index in [1.165, 1.54) is 17.4 Å². The van der Waals surface area contributed by atoms with Crippen LogP contribution in [-0.2, 0) is 11.3 Å². The molecule has 0 bridgehead atoms. The number of carbonyl (C=O) groups is 2. The molecule has 2 aromatic carbocycles. The van der Waals surface area contributed by atoms with Crippen molar-refractivity contribution in [3.05, 3.63) is 98.1 Å². The van der Waals surface area contributed by atoms with Gasteiger partial charge < -0.3 is 9.64 Å². The van der Waals surface area contributed by atoms with Crippen molar-refractivity contribution in [2.45, 2.75) is 19.4 Å². The van der Waals surface area contributed by atoms with Crippen LogP contribution in [-0.4, -0.2) is 34.4 Å². The minimum Gasteiger partial charge on any atom is -0.445 e. The minimum atomic E-state index is -0.352. The van der Waals surface area contributed by atoms with Gasteiger partial charge in [-0.25, -0.2) is 4.79 Å². The number of ether oxygens (including phenoxy) is 1. The van der Waals surface area contributed by atoms with Gasteiger partial charge in [0, 0.05) is 34.9 Å². The normalized spacial score (nSPS) is 14.3. The first kappa shape index (κ1) is 23.5. The molecule has 1 saturated heterocycles. The molecule has 0 spiro atoms. The molecule has 0 atom stereocenters. The van der Waals surface area contributed by atoms with Gasteiger partial charge in [-0.2, -0.15) is 0 Å². The zero-order valence-electron chi connectivity index (χ0n) is 18.9. The standard InChI is InChI=1S/C27H23BrN2O4S/c28-23-21-11-12-22(31)30(20-9-5-2-6-10-20)26(21)35-25(23)24(32)19-13-15-29(16-14-19)27(33)34-17-18-7-3-1-4-8-18/h1-12,19H,13-17H2. The van der Waals surface area contributed by atoms with Crippen molar-refractivity contribution in [1.82, 2.24) is 9.47 Å². The third kappa shape index (κ3) is 4.81. The molecule has 0 saturated carbocycles. The van der Waals surface area contributed by atoms with Crippen LogP contribution in [0.15, 0.2) is 82.1 Å². The van der Waals surface area contributed by atoms with Gasteiger partial charge in [0.2, 0.25) is 0 Å². The molecule has 1 amide bonds. The van der Waals surface area contributed by atoms with Crippen molar-refractivity contribution in [2.24, 2.45) is 5.92 Å². The highest BCUT2D eigenvalue weighted by Crippen LogP contribution is 2.38. The van der Waals surface area contributed by atoms with E-state index in [-0.39, 0.29) is 30.0 Å². The van der Waals surface area contributed by atoms with Gasteiger partial charge in [0.25, 0.3) is 5.56 Å². The number of aromatic nitrogens is 1. The molecule has 1 aliphatic rings. The summed E-state index contributed by atoms with van der Waals surface area (Å²) in [4.78, 5) is 41.6. The molecule has 35 heavy (non-hydrogen) atoms. The van der Waals surface area contributed by atoms with Crippen LogP contribution in [0.2, 0.25) is 0 Å². The molecule has 0 unspecified atom stereocenters. The number of Topliss-reactive ketones (excluding diaryl/α,β-unsaturated/α-hetero) is 1. The molecule has 178 valence electrons. The Labute approximate surface area is 214 Å². The van der Waals surface area contributed by atoms with Gasteiger partial charge in [0.1, 0.15) is 11.4 Å². The van der Waals surface area contributed by atoms with Crippen LogP contribution in [0.25, 0.3) is 15.9 Å². The first-order valence-electron chi connectivity index (χ1n) is 11.4. The smallest absolute Gasteiger partial charge is 0.410 e. The summed E-state index contributed by atoms with van der Waals surface area (Å²) in [6, 6.07) is 22.3. The molecule has 1 fully saturated rings. The molecule has 0 N–H and O–H groups in total. The third-order valence-electron chi connectivity index (χ3n) is 6.25. The SMILES string of the molecule is O=C(c1sc2c(ccc(=O)n2-c2ccccc2)c1Br)C1CCN(C(=O)OCc2ccccc2)CC1. The quantitative estimate of drug-likeness (QED) is 0.284. The van der Waals surface area contributed by atoms with Gasteiger partial charge in [-0.3, -0.25) is 14.2 Å². The molecule has 6 nitrogen and oxygen atoms in total. The van der Waals surface area contributed by atoms with Crippen LogP contribution in [0.3, 0.4) is 0 Å². The van der Waals surface area contributed by atoms with Crippen molar-refractivity contribution in [3.63, 3.8) is 0 Å². The number of carbonyl (C=O) groups excluding carboxylic acids is 2. The largest absolute Gasteiger partial charge is 0.445 e. The molecule has 4 aromatic rings. The second-order valence-corrected chi connectivity index (χ2v) is 10.3. The maximum absolute atomic E-state index is 13.5. The van der Waals surface area contributed by atoms with E-state index in [0.717, 1.165) is 25.9 Å². The average molecular weight is 551 g/mol. The topological polar surface area (TPSA) is 68.6 Å². The van der Waals surface area contributed by atoms with Crippen LogP contribution in [0.5, 0.6) is 0 Å². The van der Waals surface area contributed by atoms with Gasteiger partial charge in [0.15, 0.2) is 5.78 Å². The Kier molecular flexibility index (Phi) is 6.83. The predicted octanol–water partition coefficient (Wildman–Crippen LogP) is 6.05. The fraction of sp³-hybridized carbons (Fsp3) is 0.222. The van der Waals surface area contributed by atoms with Gasteiger partial charge in [-0.05, 0) is 52.5 Å². The van der Waals surface area contributed by atoms with Gasteiger partial charge in [-0.15, -0.1) is 11.3 Å². The zero-order chi connectivity index (χ0) is 24.4. The molecule has 3 heterocycles. The summed E-state index contributed by atoms with van der Waals surface area (Å²) in [6.07, 6.45) is 0.798. The van der Waals surface area contributed by atoms with Crippen molar-refractivity contribution < 1.29 is 14.3 Å². The molecular formula is C27H23BrN2O4S. The highest BCUT2D eigenvalue weighted by atomic mass is 79.9. The Balaban J connectivity index is 1.30. The number of nitrogens with zero attached hydrogens (tertiary/aromatic N) is 2. The van der Waals surface area contributed by atoms with Crippen molar-refractivity contribution >= 4 is 49.4 Å². The highest BCUT2D eigenvalue weighted by molar-refractivity contribution is 9.10. The Bertz CT molecular complexity index is 1420. The second kappa shape index (κ2) is 10.2. The van der Waals surface area contributed by atoms with E-state index < -0.39 is 0 Å². The maximum atomic E-state index is 13.5. The number of hydrogen-bond donors (Lipinski definition) is 0. The van der Waals surface area contributed by atoms with Crippen LogP contribution in [0.1, 0.15) is 28.1 Å². The molecule has 0 aliphatic carbocycles. The second-order valence-electron chi connectivity index (χ2n) is 8.47. The Morgan fingerprint density at radius 3 is 2.29 bits per heavy atom. The molecule has 1 aliphatic heterocycles. The summed E-state index contributed by atoms with van der Waals surface area (Å²) in [5.74, 6) is -0.142.